The molecule has 2 aromatic rings. The van der Waals surface area contributed by atoms with Crippen molar-refractivity contribution in [1.82, 2.24) is 4.31 Å². The minimum Gasteiger partial charge on any atom is -0.490 e. The summed E-state index contributed by atoms with van der Waals surface area (Å²) in [5.74, 6) is 0.668. The number of carbonyl (C=O) groups is 1. The van der Waals surface area contributed by atoms with Crippen molar-refractivity contribution in [1.29, 1.82) is 0 Å². The summed E-state index contributed by atoms with van der Waals surface area (Å²) >= 11 is 6.26. The van der Waals surface area contributed by atoms with E-state index in [4.69, 9.17) is 25.8 Å². The van der Waals surface area contributed by atoms with Crippen LogP contribution >= 0.6 is 11.6 Å². The molecule has 8 nitrogen and oxygen atoms in total. The number of sulfonamides is 1. The van der Waals surface area contributed by atoms with E-state index in [0.717, 1.165) is 0 Å². The third-order valence-corrected chi connectivity index (χ3v) is 7.08. The average molecular weight is 499 g/mol. The Bertz CT molecular complexity index is 1040. The van der Waals surface area contributed by atoms with Gasteiger partial charge in [0.2, 0.25) is 15.8 Å². The van der Waals surface area contributed by atoms with Gasteiger partial charge in [-0.25, -0.2) is 8.42 Å². The van der Waals surface area contributed by atoms with E-state index in [1.807, 2.05) is 20.8 Å². The van der Waals surface area contributed by atoms with Gasteiger partial charge < -0.3 is 19.5 Å². The van der Waals surface area contributed by atoms with E-state index >= 15 is 0 Å². The van der Waals surface area contributed by atoms with Gasteiger partial charge in [-0.05, 0) is 51.1 Å². The Morgan fingerprint density at radius 2 is 1.45 bits per heavy atom. The highest BCUT2D eigenvalue weighted by Crippen LogP contribution is 2.39. The number of nitrogens with zero attached hydrogens (tertiary/aromatic N) is 1. The van der Waals surface area contributed by atoms with Gasteiger partial charge in [-0.1, -0.05) is 25.4 Å². The highest BCUT2D eigenvalue weighted by Gasteiger charge is 2.24. The van der Waals surface area contributed by atoms with E-state index in [1.54, 1.807) is 26.0 Å². The monoisotopic (exact) mass is 498 g/mol. The maximum absolute atomic E-state index is 13.1. The molecule has 0 unspecified atom stereocenters. The van der Waals surface area contributed by atoms with Crippen molar-refractivity contribution >= 4 is 33.2 Å². The van der Waals surface area contributed by atoms with Crippen LogP contribution in [0.5, 0.6) is 17.2 Å². The molecule has 0 spiro atoms. The molecule has 0 atom stereocenters. The van der Waals surface area contributed by atoms with Gasteiger partial charge in [0.25, 0.3) is 5.91 Å². The largest absolute Gasteiger partial charge is 0.490 e. The first-order valence-electron chi connectivity index (χ1n) is 10.9. The number of anilines is 1. The van der Waals surface area contributed by atoms with E-state index in [2.05, 4.69) is 5.32 Å². The second-order valence-corrected chi connectivity index (χ2v) is 9.13. The molecule has 0 fully saturated rings. The molecule has 0 saturated carbocycles. The van der Waals surface area contributed by atoms with Gasteiger partial charge in [0.1, 0.15) is 0 Å². The molecule has 182 valence electrons. The standard InChI is InChI=1S/C23H31ClN2O6S/c1-6-26(7-2)33(28,29)17-11-12-18(24)19(15-17)25-23(27)16-13-20(30-8-3)22(32-10-5)21(14-16)31-9-4/h11-15H,6-10H2,1-5H3,(H,25,27). The van der Waals surface area contributed by atoms with E-state index in [9.17, 15) is 13.2 Å². The summed E-state index contributed by atoms with van der Waals surface area (Å²) in [6, 6.07) is 7.33. The number of amides is 1. The van der Waals surface area contributed by atoms with Crippen molar-refractivity contribution in [3.63, 3.8) is 0 Å². The number of rotatable bonds is 12. The fourth-order valence-corrected chi connectivity index (χ4v) is 4.84. The minimum absolute atomic E-state index is 0.0441. The van der Waals surface area contributed by atoms with Gasteiger partial charge in [-0.3, -0.25) is 4.79 Å². The molecule has 2 rings (SSSR count). The molecule has 0 saturated heterocycles. The Morgan fingerprint density at radius 3 is 1.94 bits per heavy atom. The number of ether oxygens (including phenoxy) is 3. The Labute approximate surface area is 200 Å². The topological polar surface area (TPSA) is 94.2 Å². The highest BCUT2D eigenvalue weighted by atomic mass is 35.5. The fourth-order valence-electron chi connectivity index (χ4n) is 3.19. The number of hydrogen-bond acceptors (Lipinski definition) is 6. The molecule has 1 amide bonds. The number of carbonyl (C=O) groups excluding carboxylic acids is 1. The molecule has 1 N–H and O–H groups in total. The molecule has 0 aromatic heterocycles. The summed E-state index contributed by atoms with van der Waals surface area (Å²) in [6.07, 6.45) is 0. The third-order valence-electron chi connectivity index (χ3n) is 4.70. The zero-order valence-corrected chi connectivity index (χ0v) is 21.2. The molecule has 33 heavy (non-hydrogen) atoms. The van der Waals surface area contributed by atoms with Gasteiger partial charge in [0.15, 0.2) is 11.5 Å². The van der Waals surface area contributed by atoms with Gasteiger partial charge in [-0.15, -0.1) is 0 Å². The first kappa shape index (κ1) is 26.8. The van der Waals surface area contributed by atoms with Crippen LogP contribution in [0, 0.1) is 0 Å². The molecule has 2 aromatic carbocycles. The van der Waals surface area contributed by atoms with Crippen LogP contribution in [0.2, 0.25) is 5.02 Å². The summed E-state index contributed by atoms with van der Waals surface area (Å²) in [5.41, 5.74) is 0.429. The van der Waals surface area contributed by atoms with Crippen LogP contribution in [0.1, 0.15) is 45.0 Å². The lowest BCUT2D eigenvalue weighted by Crippen LogP contribution is -2.30. The minimum atomic E-state index is -3.71. The van der Waals surface area contributed by atoms with Crippen molar-refractivity contribution in [3.8, 4) is 17.2 Å². The quantitative estimate of drug-likeness (QED) is 0.451. The molecule has 0 aliphatic rings. The lowest BCUT2D eigenvalue weighted by atomic mass is 10.1. The van der Waals surface area contributed by atoms with Gasteiger partial charge in [0.05, 0.1) is 35.4 Å². The van der Waals surface area contributed by atoms with Crippen LogP contribution in [0.25, 0.3) is 0 Å². The van der Waals surface area contributed by atoms with Crippen LogP contribution in [0.4, 0.5) is 5.69 Å². The van der Waals surface area contributed by atoms with Crippen LogP contribution in [-0.2, 0) is 10.0 Å². The van der Waals surface area contributed by atoms with Crippen molar-refractivity contribution < 1.29 is 27.4 Å². The molecular formula is C23H31ClN2O6S. The Morgan fingerprint density at radius 1 is 0.909 bits per heavy atom. The van der Waals surface area contributed by atoms with E-state index in [1.165, 1.54) is 22.5 Å². The molecule has 0 bridgehead atoms. The van der Waals surface area contributed by atoms with Crippen molar-refractivity contribution in [2.45, 2.75) is 39.5 Å². The van der Waals surface area contributed by atoms with Gasteiger partial charge in [-0.2, -0.15) is 4.31 Å². The van der Waals surface area contributed by atoms with Crippen molar-refractivity contribution in [2.24, 2.45) is 0 Å². The number of nitrogens with one attached hydrogen (secondary N) is 1. The summed E-state index contributed by atoms with van der Waals surface area (Å²) in [7, 11) is -3.71. The maximum Gasteiger partial charge on any atom is 0.255 e. The third kappa shape index (κ3) is 6.31. The Hall–Kier alpha value is -2.49. The summed E-state index contributed by atoms with van der Waals surface area (Å²) in [4.78, 5) is 13.1. The van der Waals surface area contributed by atoms with Crippen molar-refractivity contribution in [2.75, 3.05) is 38.2 Å². The Balaban J connectivity index is 2.45. The predicted octanol–water partition coefficient (Wildman–Crippen LogP) is 4.82. The molecule has 0 aliphatic heterocycles. The molecule has 0 heterocycles. The van der Waals surface area contributed by atoms with E-state index in [-0.39, 0.29) is 21.2 Å². The van der Waals surface area contributed by atoms with E-state index < -0.39 is 15.9 Å². The van der Waals surface area contributed by atoms with Gasteiger partial charge in [0, 0.05) is 18.7 Å². The number of halogens is 1. The fraction of sp³-hybridized carbons (Fsp3) is 0.435. The number of hydrogen-bond donors (Lipinski definition) is 1. The van der Waals surface area contributed by atoms with Crippen LogP contribution in [-0.4, -0.2) is 51.5 Å². The number of benzene rings is 2. The van der Waals surface area contributed by atoms with E-state index in [0.29, 0.717) is 50.2 Å². The van der Waals surface area contributed by atoms with Crippen LogP contribution < -0.4 is 19.5 Å². The first-order chi connectivity index (χ1) is 15.7. The second-order valence-electron chi connectivity index (χ2n) is 6.79. The SMILES string of the molecule is CCOc1cc(C(=O)Nc2cc(S(=O)(=O)N(CC)CC)ccc2Cl)cc(OCC)c1OCC. The summed E-state index contributed by atoms with van der Waals surface area (Å²) < 4.78 is 44.1. The van der Waals surface area contributed by atoms with Gasteiger partial charge >= 0.3 is 0 Å². The molecule has 10 heteroatoms. The predicted molar refractivity (Wildman–Crippen MR) is 129 cm³/mol. The summed E-state index contributed by atoms with van der Waals surface area (Å²) in [5, 5.41) is 2.91. The second kappa shape index (κ2) is 12.1. The first-order valence-corrected chi connectivity index (χ1v) is 12.7. The molecular weight excluding hydrogens is 468 g/mol. The maximum atomic E-state index is 13.1. The van der Waals surface area contributed by atoms with Crippen LogP contribution in [0.3, 0.4) is 0 Å². The molecule has 0 aliphatic carbocycles. The lowest BCUT2D eigenvalue weighted by molar-refractivity contribution is 0.102. The zero-order chi connectivity index (χ0) is 24.6. The molecule has 0 radical (unpaired) electrons. The van der Waals surface area contributed by atoms with Crippen molar-refractivity contribution in [3.05, 3.63) is 40.9 Å². The smallest absolute Gasteiger partial charge is 0.255 e. The lowest BCUT2D eigenvalue weighted by Gasteiger charge is -2.19. The highest BCUT2D eigenvalue weighted by molar-refractivity contribution is 7.89. The normalized spacial score (nSPS) is 11.4. The Kier molecular flexibility index (Phi) is 9.82. The van der Waals surface area contributed by atoms with Crippen LogP contribution in [0.15, 0.2) is 35.2 Å². The summed E-state index contributed by atoms with van der Waals surface area (Å²) in [6.45, 7) is 10.8. The average Bonchev–Trinajstić information content (AvgIpc) is 2.78. The zero-order valence-electron chi connectivity index (χ0n) is 19.6.